The van der Waals surface area contributed by atoms with Crippen LogP contribution in [-0.2, 0) is 4.79 Å². The first-order valence-corrected chi connectivity index (χ1v) is 7.34. The van der Waals surface area contributed by atoms with E-state index in [1.165, 1.54) is 0 Å². The summed E-state index contributed by atoms with van der Waals surface area (Å²) in [6.45, 7) is 9.27. The second-order valence-electron chi connectivity index (χ2n) is 5.82. The lowest BCUT2D eigenvalue weighted by Gasteiger charge is -2.26. The Balaban J connectivity index is 2.36. The van der Waals surface area contributed by atoms with Gasteiger partial charge >= 0.3 is 0 Å². The summed E-state index contributed by atoms with van der Waals surface area (Å²) < 4.78 is 0. The summed E-state index contributed by atoms with van der Waals surface area (Å²) in [6, 6.07) is 2.08. The molecule has 1 aromatic rings. The zero-order valence-corrected chi connectivity index (χ0v) is 12.9. The van der Waals surface area contributed by atoms with E-state index in [1.807, 2.05) is 27.7 Å². The first-order valence-electron chi connectivity index (χ1n) is 7.34. The molecule has 0 unspecified atom stereocenters. The normalized spacial score (nSPS) is 15.3. The van der Waals surface area contributed by atoms with Crippen LogP contribution < -0.4 is 0 Å². The zero-order chi connectivity index (χ0) is 14.9. The Labute approximate surface area is 121 Å². The molecule has 1 heterocycles. The predicted molar refractivity (Wildman–Crippen MR) is 80.2 cm³/mol. The second-order valence-corrected chi connectivity index (χ2v) is 5.82. The van der Waals surface area contributed by atoms with E-state index in [2.05, 4.69) is 6.07 Å². The van der Waals surface area contributed by atoms with Crippen LogP contribution in [0.2, 0.25) is 0 Å². The van der Waals surface area contributed by atoms with Crippen LogP contribution >= 0.6 is 0 Å². The van der Waals surface area contributed by atoms with Crippen LogP contribution in [0.4, 0.5) is 0 Å². The fourth-order valence-corrected chi connectivity index (χ4v) is 2.90. The molecule has 3 nitrogen and oxygen atoms in total. The summed E-state index contributed by atoms with van der Waals surface area (Å²) in [7, 11) is 0. The van der Waals surface area contributed by atoms with Crippen LogP contribution in [0.1, 0.15) is 51.9 Å². The molecule has 0 spiro atoms. The van der Waals surface area contributed by atoms with Gasteiger partial charge < -0.3 is 4.90 Å². The van der Waals surface area contributed by atoms with Crippen molar-refractivity contribution in [1.29, 1.82) is 0 Å². The number of hydrogen-bond donors (Lipinski definition) is 0. The number of hydrogen-bond acceptors (Lipinski definition) is 2. The lowest BCUT2D eigenvalue weighted by atomic mass is 9.91. The van der Waals surface area contributed by atoms with Crippen molar-refractivity contribution in [2.24, 2.45) is 0 Å². The van der Waals surface area contributed by atoms with Gasteiger partial charge in [-0.15, -0.1) is 0 Å². The van der Waals surface area contributed by atoms with Crippen LogP contribution in [0.15, 0.2) is 6.07 Å². The minimum atomic E-state index is -0.339. The lowest BCUT2D eigenvalue weighted by molar-refractivity contribution is -0.127. The van der Waals surface area contributed by atoms with Gasteiger partial charge in [0.05, 0.1) is 0 Å². The largest absolute Gasteiger partial charge is 0.336 e. The Morgan fingerprint density at radius 1 is 0.900 bits per heavy atom. The van der Waals surface area contributed by atoms with Gasteiger partial charge in [-0.1, -0.05) is 6.07 Å². The summed E-state index contributed by atoms with van der Waals surface area (Å²) in [5, 5.41) is 0. The molecule has 0 aliphatic carbocycles. The smallest absolute Gasteiger partial charge is 0.294 e. The van der Waals surface area contributed by atoms with Crippen LogP contribution in [-0.4, -0.2) is 29.7 Å². The van der Waals surface area contributed by atoms with Crippen molar-refractivity contribution >= 4 is 11.7 Å². The molecule has 0 N–H and O–H groups in total. The average molecular weight is 273 g/mol. The maximum absolute atomic E-state index is 12.6. The molecular formula is C17H23NO2. The monoisotopic (exact) mass is 273 g/mol. The van der Waals surface area contributed by atoms with E-state index in [0.717, 1.165) is 41.5 Å². The predicted octanol–water partition coefficient (Wildman–Crippen LogP) is 3.12. The van der Waals surface area contributed by atoms with E-state index < -0.39 is 0 Å². The Kier molecular flexibility index (Phi) is 4.26. The molecule has 0 radical (unpaired) electrons. The molecule has 0 bridgehead atoms. The van der Waals surface area contributed by atoms with Crippen molar-refractivity contribution in [3.63, 3.8) is 0 Å². The van der Waals surface area contributed by atoms with Gasteiger partial charge in [0.25, 0.3) is 11.7 Å². The summed E-state index contributed by atoms with van der Waals surface area (Å²) in [5.41, 5.74) is 4.62. The lowest BCUT2D eigenvalue weighted by Crippen LogP contribution is -2.40. The highest BCUT2D eigenvalue weighted by molar-refractivity contribution is 6.43. The van der Waals surface area contributed by atoms with Gasteiger partial charge in [0.2, 0.25) is 0 Å². The maximum Gasteiger partial charge on any atom is 0.294 e. The zero-order valence-electron chi connectivity index (χ0n) is 12.9. The number of amides is 1. The molecule has 3 heteroatoms. The Hall–Kier alpha value is -1.64. The topological polar surface area (TPSA) is 37.4 Å². The third-order valence-electron chi connectivity index (χ3n) is 4.43. The van der Waals surface area contributed by atoms with Gasteiger partial charge in [-0.25, -0.2) is 0 Å². The molecule has 1 aliphatic heterocycles. The van der Waals surface area contributed by atoms with Crippen LogP contribution in [0.25, 0.3) is 0 Å². The third-order valence-corrected chi connectivity index (χ3v) is 4.43. The van der Waals surface area contributed by atoms with Crippen molar-refractivity contribution < 1.29 is 9.59 Å². The molecule has 1 fully saturated rings. The van der Waals surface area contributed by atoms with E-state index in [9.17, 15) is 9.59 Å². The highest BCUT2D eigenvalue weighted by atomic mass is 16.2. The van der Waals surface area contributed by atoms with Gasteiger partial charge in [0.15, 0.2) is 0 Å². The molecule has 0 aromatic heterocycles. The Morgan fingerprint density at radius 3 is 1.90 bits per heavy atom. The highest BCUT2D eigenvalue weighted by Crippen LogP contribution is 2.23. The Bertz CT molecular complexity index is 528. The third kappa shape index (κ3) is 2.62. The van der Waals surface area contributed by atoms with Crippen molar-refractivity contribution in [3.05, 3.63) is 33.9 Å². The standard InChI is InChI=1S/C17H23NO2/c1-11-10-12(2)14(4)15(13(11)3)16(19)17(20)18-8-6-5-7-9-18/h10H,5-9H2,1-4H3. The van der Waals surface area contributed by atoms with Crippen molar-refractivity contribution in [3.8, 4) is 0 Å². The van der Waals surface area contributed by atoms with Crippen molar-refractivity contribution in [2.75, 3.05) is 13.1 Å². The van der Waals surface area contributed by atoms with Gasteiger partial charge in [0.1, 0.15) is 0 Å². The fraction of sp³-hybridized carbons (Fsp3) is 0.529. The first kappa shape index (κ1) is 14.8. The number of ketones is 1. The van der Waals surface area contributed by atoms with E-state index in [4.69, 9.17) is 0 Å². The summed E-state index contributed by atoms with van der Waals surface area (Å²) in [4.78, 5) is 26.7. The molecule has 0 atom stereocenters. The number of Topliss-reactive ketones (excluding diaryl/α,β-unsaturated/α-hetero) is 1. The minimum absolute atomic E-state index is 0.332. The van der Waals surface area contributed by atoms with E-state index >= 15 is 0 Å². The summed E-state index contributed by atoms with van der Waals surface area (Å²) in [5.74, 6) is -0.672. The number of nitrogens with zero attached hydrogens (tertiary/aromatic N) is 1. The number of carbonyl (C=O) groups is 2. The summed E-state index contributed by atoms with van der Waals surface area (Å²) in [6.07, 6.45) is 3.16. The Morgan fingerprint density at radius 2 is 1.40 bits per heavy atom. The molecule has 1 aromatic carbocycles. The fourth-order valence-electron chi connectivity index (χ4n) is 2.90. The first-order chi connectivity index (χ1) is 9.43. The maximum atomic E-state index is 12.6. The van der Waals surface area contributed by atoms with Crippen LogP contribution in [0.3, 0.4) is 0 Å². The van der Waals surface area contributed by atoms with E-state index in [0.29, 0.717) is 18.7 Å². The van der Waals surface area contributed by atoms with Crippen molar-refractivity contribution in [2.45, 2.75) is 47.0 Å². The van der Waals surface area contributed by atoms with Gasteiger partial charge in [-0.2, -0.15) is 0 Å². The second kappa shape index (κ2) is 5.78. The SMILES string of the molecule is Cc1cc(C)c(C)c(C(=O)C(=O)N2CCCCC2)c1C. The average Bonchev–Trinajstić information content (AvgIpc) is 2.45. The number of benzene rings is 1. The number of piperidine rings is 1. The molecule has 1 amide bonds. The van der Waals surface area contributed by atoms with E-state index in [1.54, 1.807) is 4.90 Å². The molecule has 2 rings (SSSR count). The molecular weight excluding hydrogens is 250 g/mol. The van der Waals surface area contributed by atoms with Gasteiger partial charge in [0, 0.05) is 18.7 Å². The highest BCUT2D eigenvalue weighted by Gasteiger charge is 2.27. The molecule has 20 heavy (non-hydrogen) atoms. The summed E-state index contributed by atoms with van der Waals surface area (Å²) >= 11 is 0. The number of likely N-dealkylation sites (tertiary alicyclic amines) is 1. The van der Waals surface area contributed by atoms with Crippen LogP contribution in [0.5, 0.6) is 0 Å². The number of rotatable bonds is 2. The van der Waals surface area contributed by atoms with E-state index in [-0.39, 0.29) is 11.7 Å². The van der Waals surface area contributed by atoms with Crippen molar-refractivity contribution in [1.82, 2.24) is 4.90 Å². The molecule has 1 aliphatic rings. The quantitative estimate of drug-likeness (QED) is 0.613. The van der Waals surface area contributed by atoms with Gasteiger partial charge in [-0.05, 0) is 69.2 Å². The number of aryl methyl sites for hydroxylation is 2. The molecule has 108 valence electrons. The van der Waals surface area contributed by atoms with Gasteiger partial charge in [-0.3, -0.25) is 9.59 Å². The van der Waals surface area contributed by atoms with Crippen LogP contribution in [0, 0.1) is 27.7 Å². The number of carbonyl (C=O) groups excluding carboxylic acids is 2. The minimum Gasteiger partial charge on any atom is -0.336 e. The molecule has 0 saturated carbocycles. The molecule has 1 saturated heterocycles.